The Morgan fingerprint density at radius 3 is 2.76 bits per heavy atom. The number of allylic oxidation sites excluding steroid dienone is 4. The predicted molar refractivity (Wildman–Crippen MR) is 86.6 cm³/mol. The second-order valence-electron chi connectivity index (χ2n) is 5.54. The van der Waals surface area contributed by atoms with Gasteiger partial charge >= 0.3 is 6.18 Å². The fourth-order valence-corrected chi connectivity index (χ4v) is 2.45. The van der Waals surface area contributed by atoms with E-state index in [1.54, 1.807) is 30.4 Å². The van der Waals surface area contributed by atoms with Gasteiger partial charge in [0, 0.05) is 18.1 Å². The van der Waals surface area contributed by atoms with Crippen LogP contribution in [0.1, 0.15) is 6.42 Å². The lowest BCUT2D eigenvalue weighted by atomic mass is 10.1. The van der Waals surface area contributed by atoms with Gasteiger partial charge < -0.3 is 10.5 Å². The molecule has 132 valence electrons. The van der Waals surface area contributed by atoms with E-state index in [0.29, 0.717) is 17.0 Å². The molecule has 2 N–H and O–H groups in total. The first-order valence-corrected chi connectivity index (χ1v) is 7.50. The van der Waals surface area contributed by atoms with Crippen molar-refractivity contribution in [2.45, 2.75) is 18.8 Å². The molecule has 0 saturated carbocycles. The number of alkyl halides is 4. The van der Waals surface area contributed by atoms with Gasteiger partial charge in [0.1, 0.15) is 17.7 Å². The molecule has 8 heteroatoms. The van der Waals surface area contributed by atoms with Crippen molar-refractivity contribution in [3.63, 3.8) is 0 Å². The Hall–Kier alpha value is -2.77. The Kier molecular flexibility index (Phi) is 4.52. The van der Waals surface area contributed by atoms with Crippen molar-refractivity contribution < 1.29 is 22.3 Å². The van der Waals surface area contributed by atoms with Crippen LogP contribution in [0.15, 0.2) is 48.6 Å². The molecule has 0 radical (unpaired) electrons. The molecule has 0 amide bonds. The lowest BCUT2D eigenvalue weighted by Gasteiger charge is -2.14. The molecule has 0 spiro atoms. The van der Waals surface area contributed by atoms with Gasteiger partial charge in [-0.15, -0.1) is 0 Å². The number of ether oxygens (including phenoxy) is 1. The highest BCUT2D eigenvalue weighted by atomic mass is 19.4. The Labute approximate surface area is 141 Å². The van der Waals surface area contributed by atoms with Crippen molar-refractivity contribution in [1.82, 2.24) is 9.78 Å². The zero-order chi connectivity index (χ0) is 18.0. The number of rotatable bonds is 4. The number of hydrogen-bond donors (Lipinski definition) is 1. The van der Waals surface area contributed by atoms with Crippen molar-refractivity contribution in [3.8, 4) is 17.0 Å². The fraction of sp³-hybridized carbons (Fsp3) is 0.235. The number of nitrogens with two attached hydrogens (primary N) is 1. The topological polar surface area (TPSA) is 53.1 Å². The molecule has 1 aliphatic rings. The highest BCUT2D eigenvalue weighted by molar-refractivity contribution is 5.72. The van der Waals surface area contributed by atoms with Crippen molar-refractivity contribution in [3.05, 3.63) is 48.6 Å². The van der Waals surface area contributed by atoms with Gasteiger partial charge in [0.15, 0.2) is 6.61 Å². The summed E-state index contributed by atoms with van der Waals surface area (Å²) in [6, 6.07) is 7.80. The third-order valence-electron chi connectivity index (χ3n) is 3.53. The summed E-state index contributed by atoms with van der Waals surface area (Å²) in [7, 11) is 0. The summed E-state index contributed by atoms with van der Waals surface area (Å²) in [5.41, 5.74) is 7.56. The van der Waals surface area contributed by atoms with Crippen molar-refractivity contribution in [2.24, 2.45) is 0 Å². The van der Waals surface area contributed by atoms with Gasteiger partial charge in [0.05, 0.1) is 11.4 Å². The van der Waals surface area contributed by atoms with Crippen LogP contribution >= 0.6 is 0 Å². The molecule has 1 aromatic carbocycles. The largest absolute Gasteiger partial charge is 0.484 e. The van der Waals surface area contributed by atoms with E-state index in [1.807, 2.05) is 0 Å². The standard InChI is InChI=1S/C17H15F4N3O/c18-12-4-6-13(7-5-12)24-15(9-16(22)23-24)11-2-1-3-14(8-11)25-10-17(19,20)21/h1-4,6-9,12H,5,10H2,(H2,22,23). The normalized spacial score (nSPS) is 17.4. The highest BCUT2D eigenvalue weighted by Gasteiger charge is 2.28. The third-order valence-corrected chi connectivity index (χ3v) is 3.53. The van der Waals surface area contributed by atoms with Crippen LogP contribution in [0.2, 0.25) is 0 Å². The van der Waals surface area contributed by atoms with Gasteiger partial charge in [0.25, 0.3) is 0 Å². The first kappa shape index (κ1) is 17.1. The molecule has 1 heterocycles. The summed E-state index contributed by atoms with van der Waals surface area (Å²) >= 11 is 0. The number of aromatic nitrogens is 2. The minimum absolute atomic E-state index is 0.0816. The van der Waals surface area contributed by atoms with Gasteiger partial charge in [-0.2, -0.15) is 18.3 Å². The molecule has 0 bridgehead atoms. The molecule has 1 unspecified atom stereocenters. The maximum Gasteiger partial charge on any atom is 0.422 e. The molecule has 0 saturated heterocycles. The molecule has 0 fully saturated rings. The summed E-state index contributed by atoms with van der Waals surface area (Å²) < 4.78 is 56.5. The van der Waals surface area contributed by atoms with Crippen LogP contribution < -0.4 is 10.5 Å². The molecule has 25 heavy (non-hydrogen) atoms. The zero-order valence-corrected chi connectivity index (χ0v) is 13.0. The number of anilines is 1. The van der Waals surface area contributed by atoms with Crippen LogP contribution in [0.4, 0.5) is 23.4 Å². The van der Waals surface area contributed by atoms with Gasteiger partial charge in [-0.3, -0.25) is 0 Å². The summed E-state index contributed by atoms with van der Waals surface area (Å²) in [4.78, 5) is 0. The average molecular weight is 353 g/mol. The minimum atomic E-state index is -4.41. The predicted octanol–water partition coefficient (Wildman–Crippen LogP) is 4.21. The monoisotopic (exact) mass is 353 g/mol. The van der Waals surface area contributed by atoms with Gasteiger partial charge in [-0.25, -0.2) is 9.07 Å². The van der Waals surface area contributed by atoms with Crippen LogP contribution in [-0.2, 0) is 0 Å². The lowest BCUT2D eigenvalue weighted by molar-refractivity contribution is -0.153. The highest BCUT2D eigenvalue weighted by Crippen LogP contribution is 2.30. The molecule has 1 atom stereocenters. The van der Waals surface area contributed by atoms with Gasteiger partial charge in [0.2, 0.25) is 0 Å². The molecule has 3 rings (SSSR count). The number of halogens is 4. The summed E-state index contributed by atoms with van der Waals surface area (Å²) in [6.07, 6.45) is -0.541. The van der Waals surface area contributed by atoms with E-state index in [2.05, 4.69) is 5.10 Å². The smallest absolute Gasteiger partial charge is 0.422 e. The molecule has 1 aliphatic carbocycles. The Morgan fingerprint density at radius 1 is 1.28 bits per heavy atom. The summed E-state index contributed by atoms with van der Waals surface area (Å²) in [5.74, 6) is 0.325. The van der Waals surface area contributed by atoms with Crippen LogP contribution in [0.5, 0.6) is 5.75 Å². The van der Waals surface area contributed by atoms with E-state index in [-0.39, 0.29) is 18.0 Å². The van der Waals surface area contributed by atoms with E-state index in [4.69, 9.17) is 10.5 Å². The number of benzene rings is 1. The quantitative estimate of drug-likeness (QED) is 0.838. The van der Waals surface area contributed by atoms with Crippen molar-refractivity contribution in [1.29, 1.82) is 0 Å². The molecule has 1 aromatic heterocycles. The minimum Gasteiger partial charge on any atom is -0.484 e. The Morgan fingerprint density at radius 2 is 2.08 bits per heavy atom. The molecular weight excluding hydrogens is 338 g/mol. The van der Waals surface area contributed by atoms with E-state index in [0.717, 1.165) is 0 Å². The van der Waals surface area contributed by atoms with Crippen molar-refractivity contribution in [2.75, 3.05) is 12.3 Å². The van der Waals surface area contributed by atoms with Crippen LogP contribution in [-0.4, -0.2) is 28.7 Å². The van der Waals surface area contributed by atoms with E-state index >= 15 is 0 Å². The lowest BCUT2D eigenvalue weighted by Crippen LogP contribution is -2.19. The van der Waals surface area contributed by atoms with E-state index < -0.39 is 19.0 Å². The maximum absolute atomic E-state index is 13.2. The Bertz CT molecular complexity index is 824. The molecule has 2 aromatic rings. The second kappa shape index (κ2) is 6.62. The maximum atomic E-state index is 13.2. The Balaban J connectivity index is 1.91. The number of nitrogens with zero attached hydrogens (tertiary/aromatic N) is 2. The van der Waals surface area contributed by atoms with Crippen molar-refractivity contribution >= 4 is 11.5 Å². The van der Waals surface area contributed by atoms with E-state index in [1.165, 1.54) is 22.9 Å². The van der Waals surface area contributed by atoms with Gasteiger partial charge in [-0.1, -0.05) is 18.2 Å². The third kappa shape index (κ3) is 4.20. The van der Waals surface area contributed by atoms with Crippen LogP contribution in [0.25, 0.3) is 17.0 Å². The summed E-state index contributed by atoms with van der Waals surface area (Å²) in [5, 5.41) is 4.18. The zero-order valence-electron chi connectivity index (χ0n) is 13.0. The molecular formula is C17H15F4N3O. The first-order valence-electron chi connectivity index (χ1n) is 7.50. The number of nitrogen functional groups attached to an aromatic ring is 1. The van der Waals surface area contributed by atoms with Crippen LogP contribution in [0, 0.1) is 0 Å². The SMILES string of the molecule is Nc1cc(-c2cccc(OCC(F)(F)F)c2)n(C2=CCC(F)C=C2)n1. The summed E-state index contributed by atoms with van der Waals surface area (Å²) in [6.45, 7) is -1.37. The van der Waals surface area contributed by atoms with Crippen LogP contribution in [0.3, 0.4) is 0 Å². The number of hydrogen-bond acceptors (Lipinski definition) is 3. The second-order valence-corrected chi connectivity index (χ2v) is 5.54. The molecule has 4 nitrogen and oxygen atoms in total. The first-order chi connectivity index (χ1) is 11.8. The average Bonchev–Trinajstić information content (AvgIpc) is 2.95. The molecule has 0 aliphatic heterocycles. The van der Waals surface area contributed by atoms with E-state index in [9.17, 15) is 17.6 Å². The fourth-order valence-electron chi connectivity index (χ4n) is 2.45. The van der Waals surface area contributed by atoms with Gasteiger partial charge in [-0.05, 0) is 24.3 Å².